The van der Waals surface area contributed by atoms with Gasteiger partial charge in [0.25, 0.3) is 5.91 Å². The molecule has 0 radical (unpaired) electrons. The summed E-state index contributed by atoms with van der Waals surface area (Å²) in [4.78, 5) is 22.8. The van der Waals surface area contributed by atoms with Crippen molar-refractivity contribution >= 4 is 28.5 Å². The zero-order chi connectivity index (χ0) is 24.9. The van der Waals surface area contributed by atoms with Gasteiger partial charge in [-0.3, -0.25) is 4.79 Å². The number of fused-ring (bicyclic) bond motifs is 3. The first-order valence-electron chi connectivity index (χ1n) is 12.1. The SMILES string of the molecule is Cc1ccc2c(c1)nc1n2C[C@@](NC(=O)c2ccc(-n3cnc(C)c3)cc2Cl)(c2ccccc2)CC1. The number of hydrogen-bond acceptors (Lipinski definition) is 3. The average Bonchev–Trinajstić information content (AvgIpc) is 3.47. The lowest BCUT2D eigenvalue weighted by atomic mass is 9.82. The van der Waals surface area contributed by atoms with Gasteiger partial charge in [0.15, 0.2) is 0 Å². The summed E-state index contributed by atoms with van der Waals surface area (Å²) in [6.45, 7) is 4.61. The third-order valence-electron chi connectivity index (χ3n) is 7.07. The molecule has 0 fully saturated rings. The Morgan fingerprint density at radius 3 is 2.64 bits per heavy atom. The molecule has 1 aliphatic heterocycles. The molecule has 3 aromatic carbocycles. The molecule has 180 valence electrons. The number of aromatic nitrogens is 4. The molecule has 2 aromatic heterocycles. The standard InChI is InChI=1S/C29H26ClN5O/c1-19-8-11-26-25(14-19)32-27-12-13-29(17-35(26)27,21-6-4-3-5-7-21)33-28(36)23-10-9-22(15-24(23)30)34-16-20(2)31-18-34/h3-11,14-16,18H,12-13,17H2,1-2H3,(H,33,36)/t29-/m1/s1. The molecule has 3 heterocycles. The fourth-order valence-electron chi connectivity index (χ4n) is 5.19. The highest BCUT2D eigenvalue weighted by molar-refractivity contribution is 6.34. The van der Waals surface area contributed by atoms with Crippen LogP contribution in [0.3, 0.4) is 0 Å². The maximum absolute atomic E-state index is 13.7. The van der Waals surface area contributed by atoms with Gasteiger partial charge in [0.1, 0.15) is 5.82 Å². The molecule has 0 aliphatic carbocycles. The number of benzene rings is 3. The van der Waals surface area contributed by atoms with Crippen LogP contribution in [0.4, 0.5) is 0 Å². The van der Waals surface area contributed by atoms with Crippen molar-refractivity contribution in [3.05, 3.63) is 112 Å². The smallest absolute Gasteiger partial charge is 0.253 e. The van der Waals surface area contributed by atoms with E-state index >= 15 is 0 Å². The Bertz CT molecular complexity index is 1600. The molecule has 6 nitrogen and oxygen atoms in total. The summed E-state index contributed by atoms with van der Waals surface area (Å²) < 4.78 is 4.14. The van der Waals surface area contributed by atoms with Crippen LogP contribution in [0, 0.1) is 13.8 Å². The maximum Gasteiger partial charge on any atom is 0.253 e. The highest BCUT2D eigenvalue weighted by Gasteiger charge is 2.39. The Kier molecular flexibility index (Phi) is 5.41. The van der Waals surface area contributed by atoms with Gasteiger partial charge in [-0.05, 0) is 61.7 Å². The first kappa shape index (κ1) is 22.6. The topological polar surface area (TPSA) is 64.7 Å². The lowest BCUT2D eigenvalue weighted by molar-refractivity contribution is 0.0867. The molecule has 6 rings (SSSR count). The van der Waals surface area contributed by atoms with Gasteiger partial charge in [-0.1, -0.05) is 48.0 Å². The zero-order valence-corrected chi connectivity index (χ0v) is 21.0. The molecular formula is C29H26ClN5O. The molecule has 1 aliphatic rings. The Balaban J connectivity index is 1.37. The lowest BCUT2D eigenvalue weighted by Gasteiger charge is -2.39. The second-order valence-corrected chi connectivity index (χ2v) is 10.0. The quantitative estimate of drug-likeness (QED) is 0.344. The minimum atomic E-state index is -0.590. The normalized spacial score (nSPS) is 17.2. The third-order valence-corrected chi connectivity index (χ3v) is 7.39. The summed E-state index contributed by atoms with van der Waals surface area (Å²) in [5.41, 5.74) is 5.96. The first-order chi connectivity index (χ1) is 17.4. The molecule has 5 aromatic rings. The summed E-state index contributed by atoms with van der Waals surface area (Å²) in [5, 5.41) is 3.79. The van der Waals surface area contributed by atoms with Gasteiger partial charge in [-0.15, -0.1) is 0 Å². The fourth-order valence-corrected chi connectivity index (χ4v) is 5.45. The van der Waals surface area contributed by atoms with Gasteiger partial charge in [0, 0.05) is 18.3 Å². The van der Waals surface area contributed by atoms with E-state index in [0.717, 1.165) is 46.6 Å². The molecule has 0 spiro atoms. The summed E-state index contributed by atoms with van der Waals surface area (Å²) >= 11 is 6.64. The van der Waals surface area contributed by atoms with Crippen molar-refractivity contribution in [1.29, 1.82) is 0 Å². The van der Waals surface area contributed by atoms with Crippen molar-refractivity contribution in [1.82, 2.24) is 24.4 Å². The number of nitrogens with one attached hydrogen (secondary N) is 1. The van der Waals surface area contributed by atoms with Crippen molar-refractivity contribution < 1.29 is 4.79 Å². The van der Waals surface area contributed by atoms with Crippen molar-refractivity contribution in [2.75, 3.05) is 0 Å². The predicted molar refractivity (Wildman–Crippen MR) is 142 cm³/mol. The van der Waals surface area contributed by atoms with Gasteiger partial charge < -0.3 is 14.5 Å². The van der Waals surface area contributed by atoms with Gasteiger partial charge in [-0.25, -0.2) is 9.97 Å². The van der Waals surface area contributed by atoms with Crippen LogP contribution in [0.2, 0.25) is 5.02 Å². The van der Waals surface area contributed by atoms with Crippen LogP contribution in [0.15, 0.2) is 79.3 Å². The van der Waals surface area contributed by atoms with Crippen LogP contribution in [0.5, 0.6) is 0 Å². The van der Waals surface area contributed by atoms with Crippen LogP contribution in [-0.2, 0) is 18.5 Å². The Hall–Kier alpha value is -3.90. The molecule has 1 amide bonds. The van der Waals surface area contributed by atoms with Crippen LogP contribution < -0.4 is 5.32 Å². The number of amides is 1. The van der Waals surface area contributed by atoms with Crippen LogP contribution >= 0.6 is 11.6 Å². The second-order valence-electron chi connectivity index (χ2n) is 9.60. The van der Waals surface area contributed by atoms with E-state index < -0.39 is 5.54 Å². The van der Waals surface area contributed by atoms with Crippen molar-refractivity contribution in [3.63, 3.8) is 0 Å². The van der Waals surface area contributed by atoms with E-state index in [4.69, 9.17) is 16.6 Å². The Morgan fingerprint density at radius 2 is 1.89 bits per heavy atom. The van der Waals surface area contributed by atoms with E-state index in [1.165, 1.54) is 5.56 Å². The molecule has 0 unspecified atom stereocenters. The monoisotopic (exact) mass is 495 g/mol. The molecule has 1 N–H and O–H groups in total. The number of carbonyl (C=O) groups is 1. The molecule has 0 bridgehead atoms. The average molecular weight is 496 g/mol. The minimum absolute atomic E-state index is 0.194. The maximum atomic E-state index is 13.7. The molecule has 7 heteroatoms. The van der Waals surface area contributed by atoms with E-state index in [2.05, 4.69) is 52.1 Å². The van der Waals surface area contributed by atoms with Gasteiger partial charge in [-0.2, -0.15) is 0 Å². The number of imidazole rings is 2. The number of halogens is 1. The molecular weight excluding hydrogens is 470 g/mol. The highest BCUT2D eigenvalue weighted by Crippen LogP contribution is 2.36. The largest absolute Gasteiger partial charge is 0.341 e. The lowest BCUT2D eigenvalue weighted by Crippen LogP contribution is -2.51. The number of hydrogen-bond donors (Lipinski definition) is 1. The van der Waals surface area contributed by atoms with Gasteiger partial charge >= 0.3 is 0 Å². The van der Waals surface area contributed by atoms with Crippen molar-refractivity contribution in [2.24, 2.45) is 0 Å². The zero-order valence-electron chi connectivity index (χ0n) is 20.2. The van der Waals surface area contributed by atoms with E-state index in [-0.39, 0.29) is 5.91 Å². The fraction of sp³-hybridized carbons (Fsp3) is 0.207. The molecule has 0 saturated heterocycles. The van der Waals surface area contributed by atoms with E-state index in [9.17, 15) is 4.79 Å². The number of aryl methyl sites for hydroxylation is 3. The minimum Gasteiger partial charge on any atom is -0.341 e. The van der Waals surface area contributed by atoms with E-state index in [1.807, 2.05) is 42.0 Å². The highest BCUT2D eigenvalue weighted by atomic mass is 35.5. The first-order valence-corrected chi connectivity index (χ1v) is 12.4. The Labute approximate surface area is 214 Å². The number of carbonyl (C=O) groups excluding carboxylic acids is 1. The summed E-state index contributed by atoms with van der Waals surface area (Å²) in [7, 11) is 0. The molecule has 36 heavy (non-hydrogen) atoms. The van der Waals surface area contributed by atoms with E-state index in [1.54, 1.807) is 18.5 Å². The summed E-state index contributed by atoms with van der Waals surface area (Å²) in [5.74, 6) is 0.857. The van der Waals surface area contributed by atoms with Crippen LogP contribution in [0.1, 0.15) is 39.4 Å². The summed E-state index contributed by atoms with van der Waals surface area (Å²) in [6.07, 6.45) is 5.17. The molecule has 0 saturated carbocycles. The molecule has 1 atom stereocenters. The van der Waals surface area contributed by atoms with Gasteiger partial charge in [0.2, 0.25) is 0 Å². The van der Waals surface area contributed by atoms with Gasteiger partial charge in [0.05, 0.1) is 45.7 Å². The van der Waals surface area contributed by atoms with Crippen LogP contribution in [-0.4, -0.2) is 25.0 Å². The van der Waals surface area contributed by atoms with E-state index in [0.29, 0.717) is 17.1 Å². The van der Waals surface area contributed by atoms with Crippen molar-refractivity contribution in [2.45, 2.75) is 38.8 Å². The predicted octanol–water partition coefficient (Wildman–Crippen LogP) is 5.76. The number of rotatable bonds is 4. The summed E-state index contributed by atoms with van der Waals surface area (Å²) in [6, 6.07) is 22.0. The third kappa shape index (κ3) is 3.88. The second kappa shape index (κ2) is 8.64. The number of nitrogens with zero attached hydrogens (tertiary/aromatic N) is 4. The Morgan fingerprint density at radius 1 is 1.06 bits per heavy atom. The van der Waals surface area contributed by atoms with Crippen molar-refractivity contribution in [3.8, 4) is 5.69 Å². The van der Waals surface area contributed by atoms with Crippen LogP contribution in [0.25, 0.3) is 16.7 Å².